The summed E-state index contributed by atoms with van der Waals surface area (Å²) in [6, 6.07) is 96.6. The van der Waals surface area contributed by atoms with Crippen LogP contribution in [-0.4, -0.2) is 23.4 Å². The lowest BCUT2D eigenvalue weighted by Crippen LogP contribution is -2.30. The summed E-state index contributed by atoms with van der Waals surface area (Å²) >= 11 is 18.9. The molecule has 0 radical (unpaired) electrons. The fourth-order valence-electron chi connectivity index (χ4n) is 9.08. The number of benzene rings is 10. The van der Waals surface area contributed by atoms with E-state index in [0.717, 1.165) is 20.6 Å². The Hall–Kier alpha value is -6.41. The van der Waals surface area contributed by atoms with E-state index < -0.39 is 12.5 Å². The molecule has 0 bridgehead atoms. The molecule has 0 saturated carbocycles. The van der Waals surface area contributed by atoms with E-state index in [4.69, 9.17) is 33.2 Å². The molecule has 346 valence electrons. The molecule has 7 heteroatoms. The predicted molar refractivity (Wildman–Crippen MR) is 304 cm³/mol. The molecule has 0 amide bonds. The Balaban J connectivity index is 0.000000170. The SMILES string of the molecule is Brc1ccc(C(c2ccccc2)(c2ccccc2)c2ccccc2)cc1.CS.Clc1cccc(-c2ccc(C(c3ccccc3)(c3ccccc3)c3ccccc3)cc2)c1.OB(O)c1cccc(Cl)c1. The Morgan fingerprint density at radius 2 is 0.614 bits per heavy atom. The van der Waals surface area contributed by atoms with Crippen LogP contribution in [0, 0.1) is 0 Å². The molecule has 0 fully saturated rings. The number of thiol groups is 1. The van der Waals surface area contributed by atoms with E-state index >= 15 is 0 Å². The Morgan fingerprint density at radius 3 is 0.900 bits per heavy atom. The highest BCUT2D eigenvalue weighted by Crippen LogP contribution is 2.47. The van der Waals surface area contributed by atoms with E-state index in [0.29, 0.717) is 10.5 Å². The highest BCUT2D eigenvalue weighted by atomic mass is 79.9. The molecule has 0 atom stereocenters. The van der Waals surface area contributed by atoms with Gasteiger partial charge in [0.15, 0.2) is 0 Å². The molecule has 0 unspecified atom stereocenters. The lowest BCUT2D eigenvalue weighted by atomic mass is 9.65. The monoisotopic (exact) mass is 1030 g/mol. The van der Waals surface area contributed by atoms with Crippen LogP contribution >= 0.6 is 51.8 Å². The van der Waals surface area contributed by atoms with Crippen molar-refractivity contribution in [2.45, 2.75) is 10.8 Å². The molecule has 0 spiro atoms. The summed E-state index contributed by atoms with van der Waals surface area (Å²) in [4.78, 5) is 0. The Kier molecular flexibility index (Phi) is 18.7. The second kappa shape index (κ2) is 25.5. The average molecular weight is 1030 g/mol. The molecule has 2 nitrogen and oxygen atoms in total. The molecule has 0 saturated heterocycles. The smallest absolute Gasteiger partial charge is 0.423 e. The molecule has 10 aromatic carbocycles. The first-order valence-corrected chi connectivity index (χ1v) is 25.3. The van der Waals surface area contributed by atoms with Crippen LogP contribution in [0.15, 0.2) is 284 Å². The van der Waals surface area contributed by atoms with Gasteiger partial charge >= 0.3 is 7.12 Å². The Morgan fingerprint density at radius 1 is 0.329 bits per heavy atom. The molecule has 0 heterocycles. The van der Waals surface area contributed by atoms with Gasteiger partial charge in [0.05, 0.1) is 10.8 Å². The third-order valence-corrected chi connectivity index (χ3v) is 13.1. The van der Waals surface area contributed by atoms with Crippen LogP contribution in [-0.2, 0) is 10.8 Å². The highest BCUT2D eigenvalue weighted by molar-refractivity contribution is 9.10. The normalized spacial score (nSPS) is 10.8. The molecule has 70 heavy (non-hydrogen) atoms. The van der Waals surface area contributed by atoms with Gasteiger partial charge in [0.1, 0.15) is 0 Å². The van der Waals surface area contributed by atoms with Crippen molar-refractivity contribution in [2.24, 2.45) is 0 Å². The Bertz CT molecular complexity index is 2900. The van der Waals surface area contributed by atoms with Crippen LogP contribution in [0.25, 0.3) is 11.1 Å². The summed E-state index contributed by atoms with van der Waals surface area (Å²) in [5, 5.41) is 18.5. The minimum Gasteiger partial charge on any atom is -0.423 e. The minimum atomic E-state index is -1.43. The van der Waals surface area contributed by atoms with Gasteiger partial charge in [-0.15, -0.1) is 0 Å². The molecule has 0 aliphatic heterocycles. The largest absolute Gasteiger partial charge is 0.488 e. The van der Waals surface area contributed by atoms with Crippen LogP contribution in [0.4, 0.5) is 0 Å². The first-order valence-electron chi connectivity index (χ1n) is 22.8. The van der Waals surface area contributed by atoms with E-state index in [1.807, 2.05) is 18.2 Å². The van der Waals surface area contributed by atoms with Gasteiger partial charge in [0.25, 0.3) is 0 Å². The van der Waals surface area contributed by atoms with Gasteiger partial charge in [-0.2, -0.15) is 12.6 Å². The van der Waals surface area contributed by atoms with Gasteiger partial charge in [-0.1, -0.05) is 282 Å². The van der Waals surface area contributed by atoms with Crippen molar-refractivity contribution in [3.63, 3.8) is 0 Å². The van der Waals surface area contributed by atoms with Crippen molar-refractivity contribution in [1.29, 1.82) is 0 Å². The van der Waals surface area contributed by atoms with Crippen LogP contribution in [0.2, 0.25) is 10.0 Å². The fourth-order valence-corrected chi connectivity index (χ4v) is 9.73. The van der Waals surface area contributed by atoms with Crippen molar-refractivity contribution in [1.82, 2.24) is 0 Å². The minimum absolute atomic E-state index is 0.357. The highest BCUT2D eigenvalue weighted by Gasteiger charge is 2.39. The standard InChI is InChI=1S/C31H23Cl.C25H19Br.C6H6BClO2.CH4S/c32-30-18-10-11-25(23-30)24-19-21-29(22-20-24)31(26-12-4-1-5-13-26,27-14-6-2-7-15-27)28-16-8-3-9-17-28;26-24-18-16-23(17-19-24)25(20-10-4-1-5-11-20,21-12-6-2-7-13-21)22-14-8-3-9-15-22;8-6-3-1-2-5(4-6)7(9)10;1-2/h1-23H;1-19H;1-4,9-10H;2H,1H3. The third-order valence-electron chi connectivity index (χ3n) is 12.1. The number of rotatable bonds is 10. The lowest BCUT2D eigenvalue weighted by molar-refractivity contribution is 0.426. The summed E-state index contributed by atoms with van der Waals surface area (Å²) in [6.45, 7) is 0. The number of halogens is 3. The lowest BCUT2D eigenvalue weighted by Gasteiger charge is -2.37. The van der Waals surface area contributed by atoms with E-state index in [2.05, 4.69) is 265 Å². The molecule has 2 N–H and O–H groups in total. The third kappa shape index (κ3) is 11.9. The van der Waals surface area contributed by atoms with Crippen molar-refractivity contribution in [3.05, 3.63) is 338 Å². The fraction of sp³-hybridized carbons (Fsp3) is 0.0476. The first-order chi connectivity index (χ1) is 34.3. The molecule has 0 aliphatic rings. The van der Waals surface area contributed by atoms with E-state index in [1.54, 1.807) is 24.5 Å². The first kappa shape index (κ1) is 51.4. The second-order valence-corrected chi connectivity index (χ2v) is 18.0. The zero-order chi connectivity index (χ0) is 49.2. The summed E-state index contributed by atoms with van der Waals surface area (Å²) in [5.41, 5.74) is 11.9. The molecule has 10 aromatic rings. The zero-order valence-corrected chi connectivity index (χ0v) is 42.6. The van der Waals surface area contributed by atoms with Gasteiger partial charge < -0.3 is 10.0 Å². The van der Waals surface area contributed by atoms with Gasteiger partial charge in [-0.05, 0) is 104 Å². The molecule has 10 rings (SSSR count). The second-order valence-electron chi connectivity index (χ2n) is 16.2. The van der Waals surface area contributed by atoms with Crippen molar-refractivity contribution < 1.29 is 10.0 Å². The summed E-state index contributed by atoms with van der Waals surface area (Å²) < 4.78 is 1.09. The topological polar surface area (TPSA) is 40.5 Å². The maximum Gasteiger partial charge on any atom is 0.488 e. The molecular formula is C63H52BBrCl2O2S. The summed E-state index contributed by atoms with van der Waals surface area (Å²) in [7, 11) is -1.43. The molecular weight excluding hydrogens is 982 g/mol. The van der Waals surface area contributed by atoms with Crippen LogP contribution in [0.5, 0.6) is 0 Å². The van der Waals surface area contributed by atoms with Crippen molar-refractivity contribution in [2.75, 3.05) is 6.26 Å². The molecule has 0 aliphatic carbocycles. The maximum absolute atomic E-state index is 8.65. The quantitative estimate of drug-likeness (QED) is 0.0726. The van der Waals surface area contributed by atoms with Crippen LogP contribution in [0.1, 0.15) is 44.5 Å². The van der Waals surface area contributed by atoms with E-state index in [9.17, 15) is 0 Å². The van der Waals surface area contributed by atoms with Gasteiger partial charge in [0, 0.05) is 14.5 Å². The van der Waals surface area contributed by atoms with E-state index in [1.165, 1.54) is 50.6 Å². The van der Waals surface area contributed by atoms with Crippen LogP contribution in [0.3, 0.4) is 0 Å². The zero-order valence-electron chi connectivity index (χ0n) is 38.6. The van der Waals surface area contributed by atoms with Gasteiger partial charge in [0.2, 0.25) is 0 Å². The van der Waals surface area contributed by atoms with Crippen LogP contribution < -0.4 is 5.46 Å². The summed E-state index contributed by atoms with van der Waals surface area (Å²) in [5.74, 6) is 0. The number of hydrogen-bond acceptors (Lipinski definition) is 3. The summed E-state index contributed by atoms with van der Waals surface area (Å²) in [6.07, 6.45) is 1.69. The Labute approximate surface area is 437 Å². The van der Waals surface area contributed by atoms with E-state index in [-0.39, 0.29) is 5.41 Å². The van der Waals surface area contributed by atoms with Gasteiger partial charge in [-0.3, -0.25) is 0 Å². The number of hydrogen-bond donors (Lipinski definition) is 3. The average Bonchev–Trinajstić information content (AvgIpc) is 3.43. The maximum atomic E-state index is 8.65. The van der Waals surface area contributed by atoms with Gasteiger partial charge in [-0.25, -0.2) is 0 Å². The van der Waals surface area contributed by atoms with Crippen molar-refractivity contribution in [3.8, 4) is 11.1 Å². The molecule has 0 aromatic heterocycles. The van der Waals surface area contributed by atoms with Crippen molar-refractivity contribution >= 4 is 64.3 Å². The predicted octanol–water partition coefficient (Wildman–Crippen LogP) is 15.8.